The maximum Gasteiger partial charge on any atom is 0.307 e. The van der Waals surface area contributed by atoms with Gasteiger partial charge < -0.3 is 10.4 Å². The molecule has 4 aliphatic rings. The summed E-state index contributed by atoms with van der Waals surface area (Å²) in [6.07, 6.45) is 7.83. The van der Waals surface area contributed by atoms with E-state index in [1.807, 2.05) is 30.3 Å². The molecule has 4 fully saturated rings. The molecular formula is C26H28ClNO3. The number of amides is 1. The average molecular weight is 438 g/mol. The molecule has 4 aliphatic carbocycles. The van der Waals surface area contributed by atoms with Gasteiger partial charge >= 0.3 is 5.97 Å². The van der Waals surface area contributed by atoms with Crippen LogP contribution in [0.25, 0.3) is 11.1 Å². The number of hydrogen-bond donors (Lipinski definition) is 2. The minimum absolute atomic E-state index is 0.0631. The highest BCUT2D eigenvalue weighted by Crippen LogP contribution is 2.59. The van der Waals surface area contributed by atoms with E-state index >= 15 is 0 Å². The maximum atomic E-state index is 13.1. The summed E-state index contributed by atoms with van der Waals surface area (Å²) < 4.78 is 0. The zero-order valence-corrected chi connectivity index (χ0v) is 18.3. The van der Waals surface area contributed by atoms with E-state index in [0.717, 1.165) is 41.0 Å². The minimum Gasteiger partial charge on any atom is -0.481 e. The van der Waals surface area contributed by atoms with Crippen molar-refractivity contribution in [3.63, 3.8) is 0 Å². The van der Waals surface area contributed by atoms with Crippen LogP contribution in [-0.2, 0) is 11.2 Å². The van der Waals surface area contributed by atoms with Crippen molar-refractivity contribution in [3.8, 4) is 11.1 Å². The molecule has 1 amide bonds. The second-order valence-electron chi connectivity index (χ2n) is 10.0. The molecule has 162 valence electrons. The number of halogens is 1. The molecule has 4 bridgehead atoms. The van der Waals surface area contributed by atoms with Crippen molar-refractivity contribution in [1.82, 2.24) is 5.32 Å². The van der Waals surface area contributed by atoms with E-state index in [2.05, 4.69) is 5.32 Å². The van der Waals surface area contributed by atoms with Gasteiger partial charge in [-0.3, -0.25) is 9.59 Å². The summed E-state index contributed by atoms with van der Waals surface area (Å²) >= 11 is 6.40. The summed E-state index contributed by atoms with van der Waals surface area (Å²) in [6.45, 7) is 0.728. The SMILES string of the molecule is O=C(O)Cc1ccccc1-c1ccc(Cl)c(C(=O)NCC23CC4CC(CC(C4)C2)C3)c1. The normalized spacial score (nSPS) is 28.5. The van der Waals surface area contributed by atoms with E-state index < -0.39 is 5.97 Å². The molecule has 2 aromatic rings. The van der Waals surface area contributed by atoms with Crippen molar-refractivity contribution in [2.45, 2.75) is 44.9 Å². The average Bonchev–Trinajstić information content (AvgIpc) is 2.72. The Balaban J connectivity index is 1.35. The van der Waals surface area contributed by atoms with Crippen molar-refractivity contribution >= 4 is 23.5 Å². The van der Waals surface area contributed by atoms with Crippen LogP contribution in [0.15, 0.2) is 42.5 Å². The van der Waals surface area contributed by atoms with Crippen LogP contribution in [-0.4, -0.2) is 23.5 Å². The van der Waals surface area contributed by atoms with Gasteiger partial charge in [0.05, 0.1) is 17.0 Å². The van der Waals surface area contributed by atoms with Gasteiger partial charge in [0.25, 0.3) is 5.91 Å². The first kappa shape index (κ1) is 20.6. The van der Waals surface area contributed by atoms with Gasteiger partial charge in [-0.25, -0.2) is 0 Å². The number of aliphatic carboxylic acids is 1. The molecular weight excluding hydrogens is 410 g/mol. The molecule has 4 nitrogen and oxygen atoms in total. The Morgan fingerprint density at radius 1 is 1.00 bits per heavy atom. The van der Waals surface area contributed by atoms with Crippen LogP contribution in [0.2, 0.25) is 5.02 Å². The summed E-state index contributed by atoms with van der Waals surface area (Å²) in [4.78, 5) is 24.4. The molecule has 0 unspecified atom stereocenters. The second kappa shape index (κ2) is 7.98. The third-order valence-corrected chi connectivity index (χ3v) is 8.00. The fourth-order valence-electron chi connectivity index (χ4n) is 6.86. The predicted octanol–water partition coefficient (Wildman–Crippen LogP) is 5.58. The van der Waals surface area contributed by atoms with E-state index in [1.54, 1.807) is 12.1 Å². The van der Waals surface area contributed by atoms with Gasteiger partial charge in [-0.1, -0.05) is 41.9 Å². The number of carbonyl (C=O) groups is 2. The molecule has 31 heavy (non-hydrogen) atoms. The van der Waals surface area contributed by atoms with Gasteiger partial charge in [0.15, 0.2) is 0 Å². The third kappa shape index (κ3) is 4.10. The molecule has 0 radical (unpaired) electrons. The summed E-state index contributed by atoms with van der Waals surface area (Å²) in [5.74, 6) is 1.52. The Morgan fingerprint density at radius 3 is 2.29 bits per heavy atom. The zero-order valence-electron chi connectivity index (χ0n) is 17.6. The predicted molar refractivity (Wildman–Crippen MR) is 121 cm³/mol. The van der Waals surface area contributed by atoms with Gasteiger partial charge in [-0.2, -0.15) is 0 Å². The molecule has 0 spiro atoms. The van der Waals surface area contributed by atoms with Crippen LogP contribution < -0.4 is 5.32 Å². The van der Waals surface area contributed by atoms with Crippen LogP contribution >= 0.6 is 11.6 Å². The lowest BCUT2D eigenvalue weighted by atomic mass is 9.49. The van der Waals surface area contributed by atoms with Crippen molar-refractivity contribution in [2.24, 2.45) is 23.2 Å². The zero-order chi connectivity index (χ0) is 21.6. The number of rotatable bonds is 6. The van der Waals surface area contributed by atoms with E-state index in [-0.39, 0.29) is 17.7 Å². The summed E-state index contributed by atoms with van der Waals surface area (Å²) in [5, 5.41) is 12.9. The van der Waals surface area contributed by atoms with Crippen molar-refractivity contribution in [1.29, 1.82) is 0 Å². The Labute approximate surface area is 188 Å². The van der Waals surface area contributed by atoms with Gasteiger partial charge in [0.1, 0.15) is 0 Å². The molecule has 0 aliphatic heterocycles. The summed E-state index contributed by atoms with van der Waals surface area (Å²) in [6, 6.07) is 12.8. The van der Waals surface area contributed by atoms with E-state index in [1.165, 1.54) is 38.5 Å². The topological polar surface area (TPSA) is 66.4 Å². The first-order valence-electron chi connectivity index (χ1n) is 11.3. The minimum atomic E-state index is -0.880. The maximum absolute atomic E-state index is 13.1. The van der Waals surface area contributed by atoms with E-state index in [9.17, 15) is 14.7 Å². The lowest BCUT2D eigenvalue weighted by Crippen LogP contribution is -2.51. The van der Waals surface area contributed by atoms with Gasteiger partial charge in [0, 0.05) is 6.54 Å². The molecule has 0 atom stereocenters. The molecule has 0 heterocycles. The number of nitrogens with one attached hydrogen (secondary N) is 1. The van der Waals surface area contributed by atoms with E-state index in [0.29, 0.717) is 10.6 Å². The van der Waals surface area contributed by atoms with Crippen LogP contribution in [0.4, 0.5) is 0 Å². The van der Waals surface area contributed by atoms with Crippen molar-refractivity contribution in [2.75, 3.05) is 6.54 Å². The molecule has 5 heteroatoms. The van der Waals surface area contributed by atoms with Crippen LogP contribution in [0, 0.1) is 23.2 Å². The van der Waals surface area contributed by atoms with E-state index in [4.69, 9.17) is 11.6 Å². The summed E-state index contributed by atoms with van der Waals surface area (Å²) in [7, 11) is 0. The Hall–Kier alpha value is -2.33. The Kier molecular flexibility index (Phi) is 5.29. The van der Waals surface area contributed by atoms with Crippen LogP contribution in [0.1, 0.15) is 54.4 Å². The molecule has 6 rings (SSSR count). The molecule has 4 saturated carbocycles. The number of carboxylic acids is 1. The first-order valence-corrected chi connectivity index (χ1v) is 11.7. The third-order valence-electron chi connectivity index (χ3n) is 7.67. The highest BCUT2D eigenvalue weighted by Gasteiger charge is 2.50. The quantitative estimate of drug-likeness (QED) is 0.619. The van der Waals surface area contributed by atoms with Gasteiger partial charge in [-0.15, -0.1) is 0 Å². The Bertz CT molecular complexity index is 996. The molecule has 0 saturated heterocycles. The monoisotopic (exact) mass is 437 g/mol. The second-order valence-corrected chi connectivity index (χ2v) is 10.4. The highest BCUT2D eigenvalue weighted by molar-refractivity contribution is 6.34. The Morgan fingerprint density at radius 2 is 1.65 bits per heavy atom. The van der Waals surface area contributed by atoms with Crippen LogP contribution in [0.5, 0.6) is 0 Å². The number of hydrogen-bond acceptors (Lipinski definition) is 2. The lowest BCUT2D eigenvalue weighted by molar-refractivity contribution is -0.136. The van der Waals surface area contributed by atoms with Gasteiger partial charge in [-0.05, 0) is 90.5 Å². The molecule has 2 aromatic carbocycles. The lowest BCUT2D eigenvalue weighted by Gasteiger charge is -2.56. The van der Waals surface area contributed by atoms with Crippen molar-refractivity contribution < 1.29 is 14.7 Å². The molecule has 2 N–H and O–H groups in total. The highest BCUT2D eigenvalue weighted by atomic mass is 35.5. The fraction of sp³-hybridized carbons (Fsp3) is 0.462. The smallest absolute Gasteiger partial charge is 0.307 e. The molecule has 0 aromatic heterocycles. The standard InChI is InChI=1S/C26H28ClNO3/c27-23-6-5-20(21-4-2-1-3-19(21)11-24(29)30)10-22(23)25(31)28-15-26-12-16-7-17(13-26)9-18(8-16)14-26/h1-6,10,16-18H,7-9,11-15H2,(H,28,31)(H,29,30). The number of carbonyl (C=O) groups excluding carboxylic acids is 1. The summed E-state index contributed by atoms with van der Waals surface area (Å²) in [5.41, 5.74) is 3.06. The fourth-order valence-corrected chi connectivity index (χ4v) is 7.06. The number of carboxylic acid groups (broad SMARTS) is 1. The largest absolute Gasteiger partial charge is 0.481 e. The number of benzene rings is 2. The van der Waals surface area contributed by atoms with Crippen LogP contribution in [0.3, 0.4) is 0 Å². The van der Waals surface area contributed by atoms with Gasteiger partial charge in [0.2, 0.25) is 0 Å². The first-order chi connectivity index (χ1) is 14.9. The van der Waals surface area contributed by atoms with Crippen molar-refractivity contribution in [3.05, 3.63) is 58.6 Å².